The summed E-state index contributed by atoms with van der Waals surface area (Å²) in [5.41, 5.74) is 2.60. The number of para-hydroxylation sites is 1. The minimum absolute atomic E-state index is 0.0431. The summed E-state index contributed by atoms with van der Waals surface area (Å²) in [6.45, 7) is 4.53. The zero-order valence-electron chi connectivity index (χ0n) is 22.9. The Hall–Kier alpha value is -3.34. The van der Waals surface area contributed by atoms with E-state index in [-0.39, 0.29) is 22.4 Å². The Balaban J connectivity index is 1.37. The van der Waals surface area contributed by atoms with Crippen molar-refractivity contribution in [1.29, 1.82) is 0 Å². The average molecular weight is 658 g/mol. The molecule has 4 aromatic rings. The molecule has 1 saturated heterocycles. The standard InChI is InChI=1S/C30H30BrClN4O4S/c1-19-9-11-24(41(39,40)33-28-20(2)34(3)36(30(28)38)23-7-5-4-6-8-23)18-26(19)29(37)35-15-13-21(14-16-35)25-12-10-22(31)17-27(25)32/h4-12,17-18,21,33H,13-16H2,1-3H3. The van der Waals surface area contributed by atoms with Crippen molar-refractivity contribution < 1.29 is 13.2 Å². The number of nitrogens with zero attached hydrogens (tertiary/aromatic N) is 3. The second-order valence-electron chi connectivity index (χ2n) is 10.3. The Morgan fingerprint density at radius 3 is 2.34 bits per heavy atom. The van der Waals surface area contributed by atoms with E-state index in [0.29, 0.717) is 40.6 Å². The van der Waals surface area contributed by atoms with Gasteiger partial charge in [-0.15, -0.1) is 0 Å². The number of piperidine rings is 1. The monoisotopic (exact) mass is 656 g/mol. The van der Waals surface area contributed by atoms with Crippen LogP contribution in [0.1, 0.15) is 45.9 Å². The molecule has 2 heterocycles. The van der Waals surface area contributed by atoms with Crippen LogP contribution in [0.25, 0.3) is 5.69 Å². The van der Waals surface area contributed by atoms with Gasteiger partial charge in [-0.3, -0.25) is 19.0 Å². The molecule has 214 valence electrons. The number of halogens is 2. The molecule has 11 heteroatoms. The van der Waals surface area contributed by atoms with Gasteiger partial charge in [-0.25, -0.2) is 13.1 Å². The summed E-state index contributed by atoms with van der Waals surface area (Å²) in [5.74, 6) is 0.0212. The normalized spacial score (nSPS) is 14.3. The number of rotatable bonds is 6. The molecular weight excluding hydrogens is 628 g/mol. The highest BCUT2D eigenvalue weighted by atomic mass is 79.9. The van der Waals surface area contributed by atoms with E-state index in [0.717, 1.165) is 22.9 Å². The third-order valence-electron chi connectivity index (χ3n) is 7.72. The van der Waals surface area contributed by atoms with Crippen LogP contribution in [0, 0.1) is 13.8 Å². The van der Waals surface area contributed by atoms with Gasteiger partial charge in [-0.1, -0.05) is 57.9 Å². The average Bonchev–Trinajstić information content (AvgIpc) is 3.16. The van der Waals surface area contributed by atoms with Crippen LogP contribution < -0.4 is 10.3 Å². The zero-order chi connectivity index (χ0) is 29.5. The van der Waals surface area contributed by atoms with Gasteiger partial charge in [0.1, 0.15) is 5.69 Å². The van der Waals surface area contributed by atoms with E-state index in [1.165, 1.54) is 16.8 Å². The lowest BCUT2D eigenvalue weighted by Crippen LogP contribution is -2.38. The van der Waals surface area contributed by atoms with Gasteiger partial charge in [-0.2, -0.15) is 0 Å². The first kappa shape index (κ1) is 29.2. The molecule has 1 aliphatic heterocycles. The molecule has 0 radical (unpaired) electrons. The molecule has 0 spiro atoms. The number of nitrogens with one attached hydrogen (secondary N) is 1. The Morgan fingerprint density at radius 2 is 1.68 bits per heavy atom. The summed E-state index contributed by atoms with van der Waals surface area (Å²) in [6, 6.07) is 19.3. The molecular formula is C30H30BrClN4O4S. The molecule has 1 aromatic heterocycles. The van der Waals surface area contributed by atoms with Crippen LogP contribution in [0.2, 0.25) is 5.02 Å². The van der Waals surface area contributed by atoms with Gasteiger partial charge in [-0.05, 0) is 80.1 Å². The van der Waals surface area contributed by atoms with Crippen LogP contribution in [0.5, 0.6) is 0 Å². The lowest BCUT2D eigenvalue weighted by molar-refractivity contribution is 0.0712. The minimum Gasteiger partial charge on any atom is -0.339 e. The number of sulfonamides is 1. The van der Waals surface area contributed by atoms with Gasteiger partial charge in [0.25, 0.3) is 21.5 Å². The third-order valence-corrected chi connectivity index (χ3v) is 9.89. The van der Waals surface area contributed by atoms with E-state index in [1.54, 1.807) is 60.8 Å². The second-order valence-corrected chi connectivity index (χ2v) is 13.3. The lowest BCUT2D eigenvalue weighted by Gasteiger charge is -2.33. The number of aromatic nitrogens is 2. The second kappa shape index (κ2) is 11.5. The molecule has 41 heavy (non-hydrogen) atoms. The van der Waals surface area contributed by atoms with E-state index in [2.05, 4.69) is 20.7 Å². The maximum Gasteiger partial charge on any atom is 0.296 e. The topological polar surface area (TPSA) is 93.4 Å². The van der Waals surface area contributed by atoms with E-state index in [9.17, 15) is 18.0 Å². The first-order chi connectivity index (χ1) is 19.5. The molecule has 5 rings (SSSR count). The molecule has 3 aromatic carbocycles. The van der Waals surface area contributed by atoms with Crippen molar-refractivity contribution in [2.75, 3.05) is 17.8 Å². The Morgan fingerprint density at radius 1 is 1.00 bits per heavy atom. The maximum atomic E-state index is 13.5. The van der Waals surface area contributed by atoms with Crippen LogP contribution in [-0.4, -0.2) is 41.7 Å². The summed E-state index contributed by atoms with van der Waals surface area (Å²) >= 11 is 9.90. The number of carbonyl (C=O) groups is 1. The Kier molecular flexibility index (Phi) is 8.18. The highest BCUT2D eigenvalue weighted by Gasteiger charge is 2.28. The van der Waals surface area contributed by atoms with Crippen molar-refractivity contribution in [3.05, 3.63) is 109 Å². The number of anilines is 1. The van der Waals surface area contributed by atoms with E-state index >= 15 is 0 Å². The van der Waals surface area contributed by atoms with Gasteiger partial charge in [0.2, 0.25) is 0 Å². The lowest BCUT2D eigenvalue weighted by atomic mass is 9.89. The highest BCUT2D eigenvalue weighted by molar-refractivity contribution is 9.10. The van der Waals surface area contributed by atoms with Crippen molar-refractivity contribution in [1.82, 2.24) is 14.3 Å². The van der Waals surface area contributed by atoms with Crippen LogP contribution in [0.15, 0.2) is 80.9 Å². The van der Waals surface area contributed by atoms with E-state index in [4.69, 9.17) is 11.6 Å². The number of carbonyl (C=O) groups excluding carboxylic acids is 1. The summed E-state index contributed by atoms with van der Waals surface area (Å²) in [6.07, 6.45) is 1.51. The number of hydrogen-bond donors (Lipinski definition) is 1. The van der Waals surface area contributed by atoms with Crippen molar-refractivity contribution in [3.8, 4) is 5.69 Å². The maximum absolute atomic E-state index is 13.5. The van der Waals surface area contributed by atoms with Crippen LogP contribution in [0.4, 0.5) is 5.69 Å². The number of amides is 1. The minimum atomic E-state index is -4.17. The molecule has 1 amide bonds. The number of benzene rings is 3. The van der Waals surface area contributed by atoms with Crippen LogP contribution >= 0.6 is 27.5 Å². The van der Waals surface area contributed by atoms with Crippen LogP contribution in [0.3, 0.4) is 0 Å². The van der Waals surface area contributed by atoms with Crippen molar-refractivity contribution in [3.63, 3.8) is 0 Å². The first-order valence-electron chi connectivity index (χ1n) is 13.2. The molecule has 0 saturated carbocycles. The molecule has 0 bridgehead atoms. The molecule has 0 aliphatic carbocycles. The van der Waals surface area contributed by atoms with Gasteiger partial charge in [0.15, 0.2) is 0 Å². The number of aryl methyl sites for hydroxylation is 1. The van der Waals surface area contributed by atoms with E-state index < -0.39 is 15.6 Å². The molecule has 0 unspecified atom stereocenters. The molecule has 8 nitrogen and oxygen atoms in total. The smallest absolute Gasteiger partial charge is 0.296 e. The van der Waals surface area contributed by atoms with Gasteiger partial charge in [0.05, 0.1) is 16.3 Å². The predicted octanol–water partition coefficient (Wildman–Crippen LogP) is 6.03. The van der Waals surface area contributed by atoms with Crippen molar-refractivity contribution in [2.24, 2.45) is 7.05 Å². The predicted molar refractivity (Wildman–Crippen MR) is 165 cm³/mol. The quantitative estimate of drug-likeness (QED) is 0.274. The summed E-state index contributed by atoms with van der Waals surface area (Å²) in [7, 11) is -2.47. The summed E-state index contributed by atoms with van der Waals surface area (Å²) in [4.78, 5) is 28.5. The van der Waals surface area contributed by atoms with E-state index in [1.807, 2.05) is 24.3 Å². The molecule has 1 N–H and O–H groups in total. The fourth-order valence-corrected chi connectivity index (χ4v) is 7.24. The molecule has 1 fully saturated rings. The largest absolute Gasteiger partial charge is 0.339 e. The van der Waals surface area contributed by atoms with Gasteiger partial charge < -0.3 is 4.90 Å². The summed E-state index contributed by atoms with van der Waals surface area (Å²) < 4.78 is 33.3. The Bertz CT molecular complexity index is 1790. The highest BCUT2D eigenvalue weighted by Crippen LogP contribution is 2.35. The van der Waals surface area contributed by atoms with Crippen molar-refractivity contribution in [2.45, 2.75) is 37.5 Å². The van der Waals surface area contributed by atoms with Gasteiger partial charge >= 0.3 is 0 Å². The zero-order valence-corrected chi connectivity index (χ0v) is 26.1. The summed E-state index contributed by atoms with van der Waals surface area (Å²) in [5, 5.41) is 0.703. The fraction of sp³-hybridized carbons (Fsp3) is 0.267. The molecule has 1 aliphatic rings. The van der Waals surface area contributed by atoms with Gasteiger partial charge in [0, 0.05) is 35.2 Å². The first-order valence-corrected chi connectivity index (χ1v) is 15.8. The third kappa shape index (κ3) is 5.73. The number of likely N-dealkylation sites (tertiary alicyclic amines) is 1. The Labute approximate surface area is 252 Å². The molecule has 0 atom stereocenters. The fourth-order valence-electron chi connectivity index (χ4n) is 5.27. The van der Waals surface area contributed by atoms with Crippen LogP contribution in [-0.2, 0) is 17.1 Å². The van der Waals surface area contributed by atoms with Crippen molar-refractivity contribution >= 4 is 49.1 Å². The number of hydrogen-bond acceptors (Lipinski definition) is 4. The SMILES string of the molecule is Cc1ccc(S(=O)(=O)Nc2c(C)n(C)n(-c3ccccc3)c2=O)cc1C(=O)N1CCC(c2ccc(Br)cc2Cl)CC1.